The quantitative estimate of drug-likeness (QED) is 0.0254. The van der Waals surface area contributed by atoms with E-state index in [4.69, 9.17) is 24.7 Å². The lowest BCUT2D eigenvalue weighted by atomic mass is 9.44. The average Bonchev–Trinajstić information content (AvgIpc) is 3.97. The molecule has 438 valence electrons. The molecule has 8 rings (SSSR count). The summed E-state index contributed by atoms with van der Waals surface area (Å²) in [5.41, 5.74) is 2.83. The minimum atomic E-state index is -2.48. The van der Waals surface area contributed by atoms with E-state index < -0.39 is 14.0 Å². The van der Waals surface area contributed by atoms with Gasteiger partial charge >= 0.3 is 14.5 Å². The fourth-order valence-corrected chi connectivity index (χ4v) is 21.8. The van der Waals surface area contributed by atoms with E-state index in [1.54, 1.807) is 5.57 Å². The second-order valence-corrected chi connectivity index (χ2v) is 34.5. The summed E-state index contributed by atoms with van der Waals surface area (Å²) >= 11 is 0. The van der Waals surface area contributed by atoms with Gasteiger partial charge in [-0.15, -0.1) is 6.42 Å². The molecule has 7 heteroatoms. The van der Waals surface area contributed by atoms with Crippen molar-refractivity contribution in [3.8, 4) is 12.3 Å². The predicted molar refractivity (Wildman–Crippen MR) is 323 cm³/mol. The maximum atomic E-state index is 12.9. The predicted octanol–water partition coefficient (Wildman–Crippen LogP) is 18.0. The second-order valence-electron chi connectivity index (χ2n) is 31.2. The molecule has 0 amide bonds. The lowest BCUT2D eigenvalue weighted by molar-refractivity contribution is -0.170. The maximum Gasteiger partial charge on any atom is 0.333 e. The fraction of sp³-hybridized carbons (Fsp3) is 0.900. The zero-order chi connectivity index (χ0) is 55.7. The molecule has 15 unspecified atom stereocenters. The zero-order valence-electron chi connectivity index (χ0n) is 52.6. The smallest absolute Gasteiger partial charge is 0.333 e. The van der Waals surface area contributed by atoms with Crippen molar-refractivity contribution in [2.75, 3.05) is 26.7 Å². The molecule has 0 aliphatic heterocycles. The largest absolute Gasteiger partial charge is 0.462 e. The van der Waals surface area contributed by atoms with Gasteiger partial charge in [-0.25, -0.2) is 0 Å². The van der Waals surface area contributed by atoms with Gasteiger partial charge in [-0.2, -0.15) is 0 Å². The molecule has 0 saturated heterocycles. The van der Waals surface area contributed by atoms with Gasteiger partial charge in [0.05, 0.1) is 18.1 Å². The minimum absolute atomic E-state index is 0.0254. The fourth-order valence-electron chi connectivity index (χ4n) is 20.3. The Kier molecular flexibility index (Phi) is 20.2. The number of hydrogen-bond acceptors (Lipinski definition) is 6. The number of nitrogens with zero attached hydrogens (tertiary/aromatic N) is 1. The topological polar surface area (TPSA) is 57.2 Å². The Morgan fingerprint density at radius 3 is 2.13 bits per heavy atom. The van der Waals surface area contributed by atoms with Crippen LogP contribution in [0.2, 0.25) is 13.1 Å². The van der Waals surface area contributed by atoms with Crippen LogP contribution in [0.15, 0.2) is 23.8 Å². The van der Waals surface area contributed by atoms with Gasteiger partial charge in [-0.3, -0.25) is 9.69 Å². The number of ether oxygens (including phenoxy) is 2. The molecule has 0 aromatic rings. The first-order chi connectivity index (χ1) is 36.4. The number of unbranched alkanes of at least 4 members (excludes halogenated alkanes) is 3. The van der Waals surface area contributed by atoms with Crippen LogP contribution in [-0.2, 0) is 23.1 Å². The third-order valence-corrected chi connectivity index (χ3v) is 26.6. The monoisotopic (exact) mass is 1080 g/mol. The Morgan fingerprint density at radius 2 is 1.43 bits per heavy atom. The molecule has 0 bridgehead atoms. The van der Waals surface area contributed by atoms with Crippen molar-refractivity contribution in [2.24, 2.45) is 104 Å². The lowest BCUT2D eigenvalue weighted by Crippen LogP contribution is -2.54. The number of terminal acetylenes is 1. The summed E-state index contributed by atoms with van der Waals surface area (Å²) in [5.74, 6) is 12.7. The minimum Gasteiger partial charge on any atom is -0.462 e. The summed E-state index contributed by atoms with van der Waals surface area (Å²) in [6.45, 7) is 36.2. The normalized spacial score (nSPS) is 39.6. The van der Waals surface area contributed by atoms with Crippen LogP contribution in [0.4, 0.5) is 0 Å². The Hall–Kier alpha value is -1.43. The summed E-state index contributed by atoms with van der Waals surface area (Å²) in [7, 11) is -0.359. The molecule has 77 heavy (non-hydrogen) atoms. The summed E-state index contributed by atoms with van der Waals surface area (Å²) in [4.78, 5) is 15.2. The van der Waals surface area contributed by atoms with Crippen LogP contribution in [-0.4, -0.2) is 64.7 Å². The molecule has 0 aromatic carbocycles. The molecule has 0 aromatic heterocycles. The van der Waals surface area contributed by atoms with Crippen LogP contribution in [0.5, 0.6) is 0 Å². The van der Waals surface area contributed by atoms with Crippen LogP contribution in [0.3, 0.4) is 0 Å². The van der Waals surface area contributed by atoms with Crippen LogP contribution in [0.1, 0.15) is 237 Å². The second kappa shape index (κ2) is 25.2. The summed E-state index contributed by atoms with van der Waals surface area (Å²) in [6, 6.07) is 0. The molecular weight excluding hydrogens is 963 g/mol. The number of carbonyl (C=O) groups excluding carboxylic acids is 1. The van der Waals surface area contributed by atoms with Gasteiger partial charge in [0.2, 0.25) is 0 Å². The van der Waals surface area contributed by atoms with Crippen molar-refractivity contribution in [1.82, 2.24) is 4.90 Å². The SMILES string of the molecule is C#CCN(C)CCCCCCO[Si](C)(C)OC(CC[C@H](C)C1CCC2C3CCC4C[C@@H](OC(=O)C(C)(C)C)CC[C@@]4(C)C3CC[C@]21C)OC1CCC2(C)C(=CCC3C2CCC2(C)C(C(C)/C=C/C(CC)C(C)C)CCC32)C1. The molecule has 0 spiro atoms. The Labute approximate surface area is 475 Å². The van der Waals surface area contributed by atoms with E-state index in [1.165, 1.54) is 109 Å². The highest BCUT2D eigenvalue weighted by atomic mass is 28.4. The summed E-state index contributed by atoms with van der Waals surface area (Å²) < 4.78 is 27.6. The molecule has 8 aliphatic rings. The van der Waals surface area contributed by atoms with E-state index in [0.717, 1.165) is 118 Å². The number of fused-ring (bicyclic) bond motifs is 10. The highest BCUT2D eigenvalue weighted by molar-refractivity contribution is 6.64. The highest BCUT2D eigenvalue weighted by Crippen LogP contribution is 2.70. The van der Waals surface area contributed by atoms with Crippen molar-refractivity contribution in [3.05, 3.63) is 23.8 Å². The van der Waals surface area contributed by atoms with E-state index in [2.05, 4.69) is 112 Å². The molecule has 7 fully saturated rings. The van der Waals surface area contributed by atoms with E-state index in [1.807, 2.05) is 20.8 Å². The molecule has 6 nitrogen and oxygen atoms in total. The maximum absolute atomic E-state index is 12.9. The lowest BCUT2D eigenvalue weighted by Gasteiger charge is -2.61. The standard InChI is InChI=1S/C70H119NO5Si/c1-17-43-71(14)44-21-19-20-22-45-73-77(15,16)76-64(34-24-50(6)59-31-33-61-57-29-27-53-47-55(75-65(72)66(7,8)9)36-40-68(53,11)63(57)38-42-70(59,61)13)74-54-35-39-67(10)52(46-54)26-28-56-60-32-30-58(69(60,12)41-37-62(56)67)49(5)23-25-51(18-2)48(3)4/h1,23,25-26,48-51,53-64H,18-22,24,27-47H2,2-16H3/b25-23+/t49?,50-,51?,53?,54?,55-,56?,57?,58?,59?,60?,61?,62?,63?,64?,67?,68+,69?,70-/m0/s1. The number of esters is 1. The van der Waals surface area contributed by atoms with Gasteiger partial charge in [-0.1, -0.05) is 105 Å². The third-order valence-electron chi connectivity index (χ3n) is 24.9. The highest BCUT2D eigenvalue weighted by Gasteiger charge is 2.62. The van der Waals surface area contributed by atoms with Gasteiger partial charge in [-0.05, 0) is 287 Å². The summed E-state index contributed by atoms with van der Waals surface area (Å²) in [6.07, 6.45) is 43.5. The van der Waals surface area contributed by atoms with Gasteiger partial charge < -0.3 is 18.3 Å². The number of rotatable bonds is 23. The van der Waals surface area contributed by atoms with Crippen molar-refractivity contribution >= 4 is 14.5 Å². The van der Waals surface area contributed by atoms with E-state index >= 15 is 0 Å². The van der Waals surface area contributed by atoms with Crippen LogP contribution < -0.4 is 0 Å². The molecule has 0 N–H and O–H groups in total. The van der Waals surface area contributed by atoms with Gasteiger partial charge in [0.15, 0.2) is 0 Å². The van der Waals surface area contributed by atoms with E-state index in [9.17, 15) is 4.79 Å². The van der Waals surface area contributed by atoms with E-state index in [0.29, 0.717) is 45.3 Å². The molecule has 7 saturated carbocycles. The van der Waals surface area contributed by atoms with Crippen LogP contribution >= 0.6 is 0 Å². The van der Waals surface area contributed by atoms with Gasteiger partial charge in [0.1, 0.15) is 12.4 Å². The van der Waals surface area contributed by atoms with Crippen molar-refractivity contribution in [3.63, 3.8) is 0 Å². The molecule has 0 heterocycles. The molecule has 8 aliphatic carbocycles. The Balaban J connectivity index is 0.901. The van der Waals surface area contributed by atoms with Gasteiger partial charge in [0, 0.05) is 6.61 Å². The first-order valence-corrected chi connectivity index (χ1v) is 35.9. The van der Waals surface area contributed by atoms with Crippen molar-refractivity contribution < 1.29 is 23.1 Å². The van der Waals surface area contributed by atoms with Crippen LogP contribution in [0, 0.1) is 116 Å². The number of hydrogen-bond donors (Lipinski definition) is 0. The molecular formula is C70H119NO5Si. The van der Waals surface area contributed by atoms with Crippen molar-refractivity contribution in [2.45, 2.75) is 269 Å². The first-order valence-electron chi connectivity index (χ1n) is 33.0. The zero-order valence-corrected chi connectivity index (χ0v) is 53.6. The number of allylic oxidation sites excluding steroid dienone is 3. The first kappa shape index (κ1) is 61.6. The average molecular weight is 1080 g/mol. The van der Waals surface area contributed by atoms with Gasteiger partial charge in [0.25, 0.3) is 0 Å². The van der Waals surface area contributed by atoms with Crippen molar-refractivity contribution in [1.29, 1.82) is 0 Å². The number of carbonyl (C=O) groups is 1. The third kappa shape index (κ3) is 13.3. The summed E-state index contributed by atoms with van der Waals surface area (Å²) in [5, 5.41) is 0. The van der Waals surface area contributed by atoms with E-state index in [-0.39, 0.29) is 24.5 Å². The van der Waals surface area contributed by atoms with Crippen LogP contribution in [0.25, 0.3) is 0 Å². The molecule has 0 radical (unpaired) electrons. The Morgan fingerprint density at radius 1 is 0.779 bits per heavy atom. The Bertz CT molecular complexity index is 2050. The molecule has 19 atom stereocenters.